The Hall–Kier alpha value is -2.30. The highest BCUT2D eigenvalue weighted by atomic mass is 16.5. The number of esters is 1. The van der Waals surface area contributed by atoms with Gasteiger partial charge in [0.2, 0.25) is 0 Å². The fourth-order valence-electron chi connectivity index (χ4n) is 1.81. The van der Waals surface area contributed by atoms with E-state index in [1.807, 2.05) is 6.92 Å². The first-order valence-electron chi connectivity index (χ1n) is 6.00. The summed E-state index contributed by atoms with van der Waals surface area (Å²) in [4.78, 5) is 23.5. The highest BCUT2D eigenvalue weighted by molar-refractivity contribution is 6.01. The van der Waals surface area contributed by atoms with E-state index in [4.69, 9.17) is 9.15 Å². The van der Waals surface area contributed by atoms with Gasteiger partial charge < -0.3 is 9.15 Å². The van der Waals surface area contributed by atoms with E-state index < -0.39 is 11.7 Å². The van der Waals surface area contributed by atoms with Gasteiger partial charge in [-0.3, -0.25) is 4.57 Å². The number of aryl methyl sites for hydroxylation is 1. The zero-order valence-corrected chi connectivity index (χ0v) is 10.9. The SMILES string of the molecule is C=CC(CC)OC(=O)c1cccc2c1oc(=O)n2C. The number of hydrogen-bond acceptors (Lipinski definition) is 4. The van der Waals surface area contributed by atoms with Crippen LogP contribution in [0.25, 0.3) is 11.1 Å². The number of para-hydroxylation sites is 1. The van der Waals surface area contributed by atoms with Gasteiger partial charge in [-0.2, -0.15) is 0 Å². The number of benzene rings is 1. The molecule has 0 aliphatic heterocycles. The molecule has 0 bridgehead atoms. The maximum atomic E-state index is 12.1. The van der Waals surface area contributed by atoms with E-state index in [0.717, 1.165) is 0 Å². The predicted molar refractivity (Wildman–Crippen MR) is 71.1 cm³/mol. The fraction of sp³-hybridized carbons (Fsp3) is 0.286. The molecule has 2 aromatic rings. The maximum absolute atomic E-state index is 12.1. The lowest BCUT2D eigenvalue weighted by Crippen LogP contribution is -2.15. The standard InChI is InChI=1S/C14H15NO4/c1-4-9(5-2)18-13(16)10-7-6-8-11-12(10)19-14(17)15(11)3/h4,6-9H,1,5H2,2-3H3. The van der Waals surface area contributed by atoms with Crippen LogP contribution in [0.1, 0.15) is 23.7 Å². The van der Waals surface area contributed by atoms with Crippen LogP contribution in [0.15, 0.2) is 40.1 Å². The summed E-state index contributed by atoms with van der Waals surface area (Å²) in [6.07, 6.45) is 1.86. The molecule has 5 heteroatoms. The molecule has 0 saturated heterocycles. The monoisotopic (exact) mass is 261 g/mol. The summed E-state index contributed by atoms with van der Waals surface area (Å²) in [5.74, 6) is -1.03. The molecule has 1 aromatic heterocycles. The molecule has 0 aliphatic carbocycles. The van der Waals surface area contributed by atoms with Crippen LogP contribution in [0.5, 0.6) is 0 Å². The van der Waals surface area contributed by atoms with Crippen molar-refractivity contribution in [3.05, 3.63) is 47.0 Å². The second-order valence-corrected chi connectivity index (χ2v) is 4.17. The number of fused-ring (bicyclic) bond motifs is 1. The van der Waals surface area contributed by atoms with Crippen molar-refractivity contribution in [1.82, 2.24) is 4.57 Å². The Kier molecular flexibility index (Phi) is 3.55. The molecule has 5 nitrogen and oxygen atoms in total. The molecule has 2 rings (SSSR count). The van der Waals surface area contributed by atoms with Crippen LogP contribution in [0.2, 0.25) is 0 Å². The minimum Gasteiger partial charge on any atom is -0.454 e. The third-order valence-corrected chi connectivity index (χ3v) is 2.96. The maximum Gasteiger partial charge on any atom is 0.419 e. The number of nitrogens with zero attached hydrogens (tertiary/aromatic N) is 1. The van der Waals surface area contributed by atoms with Gasteiger partial charge in [-0.05, 0) is 18.6 Å². The van der Waals surface area contributed by atoms with Gasteiger partial charge in [0, 0.05) is 7.05 Å². The highest BCUT2D eigenvalue weighted by Gasteiger charge is 2.18. The summed E-state index contributed by atoms with van der Waals surface area (Å²) in [5, 5.41) is 0. The lowest BCUT2D eigenvalue weighted by molar-refractivity contribution is 0.0390. The molecule has 0 saturated carbocycles. The summed E-state index contributed by atoms with van der Waals surface area (Å²) >= 11 is 0. The van der Waals surface area contributed by atoms with Gasteiger partial charge >= 0.3 is 11.7 Å². The second kappa shape index (κ2) is 5.14. The summed E-state index contributed by atoms with van der Waals surface area (Å²) in [7, 11) is 1.59. The first kappa shape index (κ1) is 13.1. The molecule has 0 fully saturated rings. The van der Waals surface area contributed by atoms with Crippen molar-refractivity contribution in [1.29, 1.82) is 0 Å². The molecule has 1 heterocycles. The molecular weight excluding hydrogens is 246 g/mol. The van der Waals surface area contributed by atoms with Gasteiger partial charge in [0.25, 0.3) is 0 Å². The first-order valence-corrected chi connectivity index (χ1v) is 6.00. The third-order valence-electron chi connectivity index (χ3n) is 2.96. The second-order valence-electron chi connectivity index (χ2n) is 4.17. The largest absolute Gasteiger partial charge is 0.454 e. The van der Waals surface area contributed by atoms with Crippen molar-refractivity contribution in [2.45, 2.75) is 19.4 Å². The Morgan fingerprint density at radius 3 is 2.95 bits per heavy atom. The number of aromatic nitrogens is 1. The van der Waals surface area contributed by atoms with E-state index >= 15 is 0 Å². The quantitative estimate of drug-likeness (QED) is 0.625. The van der Waals surface area contributed by atoms with Gasteiger partial charge in [0.1, 0.15) is 11.7 Å². The van der Waals surface area contributed by atoms with Crippen LogP contribution < -0.4 is 5.76 Å². The summed E-state index contributed by atoms with van der Waals surface area (Å²) in [6, 6.07) is 4.97. The normalized spacial score (nSPS) is 12.3. The fourth-order valence-corrected chi connectivity index (χ4v) is 1.81. The highest BCUT2D eigenvalue weighted by Crippen LogP contribution is 2.19. The topological polar surface area (TPSA) is 61.4 Å². The summed E-state index contributed by atoms with van der Waals surface area (Å²) in [6.45, 7) is 5.50. The molecule has 0 radical (unpaired) electrons. The van der Waals surface area contributed by atoms with Crippen LogP contribution in [0, 0.1) is 0 Å². The van der Waals surface area contributed by atoms with E-state index in [1.54, 1.807) is 31.3 Å². The van der Waals surface area contributed by atoms with Crippen LogP contribution in [-0.4, -0.2) is 16.6 Å². The molecule has 0 spiro atoms. The van der Waals surface area contributed by atoms with E-state index in [-0.39, 0.29) is 17.3 Å². The molecule has 1 aromatic carbocycles. The first-order chi connectivity index (χ1) is 9.08. The van der Waals surface area contributed by atoms with Crippen LogP contribution in [0.4, 0.5) is 0 Å². The minimum absolute atomic E-state index is 0.246. The number of carbonyl (C=O) groups excluding carboxylic acids is 1. The van der Waals surface area contributed by atoms with Crippen molar-refractivity contribution < 1.29 is 13.9 Å². The third kappa shape index (κ3) is 2.31. The van der Waals surface area contributed by atoms with Gasteiger partial charge in [0.15, 0.2) is 5.58 Å². The molecule has 19 heavy (non-hydrogen) atoms. The zero-order valence-electron chi connectivity index (χ0n) is 10.9. The minimum atomic E-state index is -0.522. The van der Waals surface area contributed by atoms with E-state index in [0.29, 0.717) is 11.9 Å². The van der Waals surface area contributed by atoms with Gasteiger partial charge in [-0.25, -0.2) is 9.59 Å². The number of carbonyl (C=O) groups is 1. The Morgan fingerprint density at radius 2 is 2.32 bits per heavy atom. The van der Waals surface area contributed by atoms with E-state index in [9.17, 15) is 9.59 Å². The number of hydrogen-bond donors (Lipinski definition) is 0. The molecule has 0 aliphatic rings. The number of rotatable bonds is 4. The van der Waals surface area contributed by atoms with Crippen molar-refractivity contribution in [3.8, 4) is 0 Å². The van der Waals surface area contributed by atoms with Gasteiger partial charge in [-0.15, -0.1) is 0 Å². The van der Waals surface area contributed by atoms with Crippen molar-refractivity contribution in [2.75, 3.05) is 0 Å². The van der Waals surface area contributed by atoms with Crippen molar-refractivity contribution in [3.63, 3.8) is 0 Å². The van der Waals surface area contributed by atoms with Gasteiger partial charge in [0.05, 0.1) is 5.52 Å². The lowest BCUT2D eigenvalue weighted by Gasteiger charge is -2.11. The Balaban J connectivity index is 2.45. The average Bonchev–Trinajstić information content (AvgIpc) is 2.71. The Labute approximate surface area is 110 Å². The van der Waals surface area contributed by atoms with Gasteiger partial charge in [-0.1, -0.05) is 25.6 Å². The molecular formula is C14H15NO4. The summed E-state index contributed by atoms with van der Waals surface area (Å²) in [5.41, 5.74) is 1.06. The number of oxazole rings is 1. The average molecular weight is 261 g/mol. The van der Waals surface area contributed by atoms with Crippen LogP contribution in [0.3, 0.4) is 0 Å². The van der Waals surface area contributed by atoms with E-state index in [1.165, 1.54) is 4.57 Å². The zero-order chi connectivity index (χ0) is 14.0. The van der Waals surface area contributed by atoms with E-state index in [2.05, 4.69) is 6.58 Å². The number of ether oxygens (including phenoxy) is 1. The molecule has 1 unspecified atom stereocenters. The van der Waals surface area contributed by atoms with Crippen LogP contribution >= 0.6 is 0 Å². The summed E-state index contributed by atoms with van der Waals surface area (Å²) < 4.78 is 11.7. The Bertz CT molecular complexity index is 680. The molecule has 0 amide bonds. The van der Waals surface area contributed by atoms with Crippen LogP contribution in [-0.2, 0) is 11.8 Å². The smallest absolute Gasteiger partial charge is 0.419 e. The lowest BCUT2D eigenvalue weighted by atomic mass is 10.2. The van der Waals surface area contributed by atoms with Crippen molar-refractivity contribution in [2.24, 2.45) is 7.05 Å². The van der Waals surface area contributed by atoms with Crippen molar-refractivity contribution >= 4 is 17.1 Å². The molecule has 1 atom stereocenters. The predicted octanol–water partition coefficient (Wildman–Crippen LogP) is 2.25. The molecule has 0 N–H and O–H groups in total. The molecule has 100 valence electrons. The Morgan fingerprint density at radius 1 is 1.58 bits per heavy atom.